The maximum Gasteiger partial charge on any atom is 0.339 e. The van der Waals surface area contributed by atoms with Crippen molar-refractivity contribution in [2.24, 2.45) is 5.73 Å². The van der Waals surface area contributed by atoms with E-state index >= 15 is 0 Å². The Morgan fingerprint density at radius 1 is 1.14 bits per heavy atom. The number of ether oxygens (including phenoxy) is 1. The van der Waals surface area contributed by atoms with Crippen LogP contribution in [0.2, 0.25) is 0 Å². The van der Waals surface area contributed by atoms with Gasteiger partial charge in [-0.3, -0.25) is 4.57 Å². The highest BCUT2D eigenvalue weighted by molar-refractivity contribution is 7.54. The number of carboxylic acids is 1. The number of rotatable bonds is 8. The molecule has 3 N–H and O–H groups in total. The first kappa shape index (κ1) is 20.1. The smallest absolute Gasteiger partial charge is 0.339 e. The average Bonchev–Trinajstić information content (AvgIpc) is 2.26. The molecule has 0 spiro atoms. The summed E-state index contributed by atoms with van der Waals surface area (Å²) in [6.45, 7) is 7.90. The molecule has 0 amide bonds. The van der Waals surface area contributed by atoms with Gasteiger partial charge in [0.2, 0.25) is 5.54 Å². The summed E-state index contributed by atoms with van der Waals surface area (Å²) < 4.78 is 27.4. The summed E-state index contributed by atoms with van der Waals surface area (Å²) in [6.07, 6.45) is -0.800. The van der Waals surface area contributed by atoms with Crippen LogP contribution in [-0.4, -0.2) is 47.6 Å². The van der Waals surface area contributed by atoms with Crippen LogP contribution in [-0.2, 0) is 27.9 Å². The quantitative estimate of drug-likeness (QED) is 0.389. The fraction of sp³-hybridized carbons (Fsp3) is 0.833. The van der Waals surface area contributed by atoms with Crippen LogP contribution in [0.4, 0.5) is 0 Å². The van der Waals surface area contributed by atoms with Crippen molar-refractivity contribution in [3.8, 4) is 0 Å². The van der Waals surface area contributed by atoms with E-state index in [0.29, 0.717) is 0 Å². The van der Waals surface area contributed by atoms with Gasteiger partial charge in [-0.2, -0.15) is 0 Å². The molecule has 0 radical (unpaired) electrons. The maximum atomic E-state index is 12.4. The summed E-state index contributed by atoms with van der Waals surface area (Å²) in [5.41, 5.74) is 2.19. The normalized spacial score (nSPS) is 15.3. The Kier molecular flexibility index (Phi) is 7.02. The van der Waals surface area contributed by atoms with Crippen LogP contribution in [0.3, 0.4) is 0 Å². The van der Waals surface area contributed by atoms with Gasteiger partial charge in [-0.05, 0) is 34.6 Å². The zero-order valence-corrected chi connectivity index (χ0v) is 13.9. The van der Waals surface area contributed by atoms with E-state index in [9.17, 15) is 19.3 Å². The molecule has 0 saturated heterocycles. The highest BCUT2D eigenvalue weighted by Gasteiger charge is 2.51. The molecule has 0 saturated carbocycles. The monoisotopic (exact) mass is 325 g/mol. The Bertz CT molecular complexity index is 422. The number of aliphatic carboxylic acids is 1. The Hall–Kier alpha value is -0.950. The molecular formula is C12H24NO7P. The Balaban J connectivity index is 5.42. The lowest BCUT2D eigenvalue weighted by atomic mass is 10.0. The van der Waals surface area contributed by atoms with Crippen molar-refractivity contribution in [2.45, 2.75) is 45.8 Å². The highest BCUT2D eigenvalue weighted by atomic mass is 31.2. The lowest BCUT2D eigenvalue weighted by Gasteiger charge is -2.30. The maximum absolute atomic E-state index is 12.4. The van der Waals surface area contributed by atoms with Crippen molar-refractivity contribution < 1.29 is 33.0 Å². The third-order valence-electron chi connectivity index (χ3n) is 2.24. The minimum Gasteiger partial charge on any atom is -0.479 e. The number of hydrogen-bond acceptors (Lipinski definition) is 7. The average molecular weight is 325 g/mol. The van der Waals surface area contributed by atoms with E-state index in [2.05, 4.69) is 0 Å². The predicted molar refractivity (Wildman–Crippen MR) is 76.1 cm³/mol. The molecule has 0 aromatic carbocycles. The first-order valence-electron chi connectivity index (χ1n) is 6.54. The van der Waals surface area contributed by atoms with Crippen LogP contribution >= 0.6 is 7.60 Å². The predicted octanol–water partition coefficient (Wildman–Crippen LogP) is 1.38. The molecule has 0 unspecified atom stereocenters. The van der Waals surface area contributed by atoms with E-state index in [1.165, 1.54) is 0 Å². The first-order valence-corrected chi connectivity index (χ1v) is 8.27. The zero-order chi connectivity index (χ0) is 16.9. The summed E-state index contributed by atoms with van der Waals surface area (Å²) in [6, 6.07) is 0. The Labute approximate surface area is 124 Å². The number of carboxylic acid groups (broad SMARTS) is 1. The summed E-state index contributed by atoms with van der Waals surface area (Å²) >= 11 is 0. The molecule has 0 heterocycles. The molecule has 0 aromatic heterocycles. The van der Waals surface area contributed by atoms with Gasteiger partial charge in [0.05, 0.1) is 19.4 Å². The second-order valence-electron chi connectivity index (χ2n) is 5.38. The van der Waals surface area contributed by atoms with Crippen LogP contribution in [0.15, 0.2) is 0 Å². The van der Waals surface area contributed by atoms with Gasteiger partial charge in [0.1, 0.15) is 5.60 Å². The fourth-order valence-electron chi connectivity index (χ4n) is 1.42. The molecule has 0 aliphatic carbocycles. The standard InChI is InChI=1S/C12H24NO7P/c1-6-18-21(17,19-7-2)8-12(13,9(14)15)10(16)20-11(3,4)5/h6-8,13H2,1-5H3,(H,14,15)/t12-/m1/s1. The summed E-state index contributed by atoms with van der Waals surface area (Å²) in [5.74, 6) is -2.85. The van der Waals surface area contributed by atoms with Gasteiger partial charge in [0.15, 0.2) is 0 Å². The SMILES string of the molecule is CCOP(=O)(C[C@@](N)(C(=O)O)C(=O)OC(C)(C)C)OCC. The molecule has 9 heteroatoms. The molecular weight excluding hydrogens is 301 g/mol. The first-order chi connectivity index (χ1) is 9.40. The van der Waals surface area contributed by atoms with Crippen LogP contribution < -0.4 is 5.73 Å². The van der Waals surface area contributed by atoms with E-state index in [1.54, 1.807) is 34.6 Å². The summed E-state index contributed by atoms with van der Waals surface area (Å²) in [4.78, 5) is 23.4. The van der Waals surface area contributed by atoms with Crippen molar-refractivity contribution in [3.63, 3.8) is 0 Å². The number of carbonyl (C=O) groups is 2. The van der Waals surface area contributed by atoms with Gasteiger partial charge >= 0.3 is 19.5 Å². The fourth-order valence-corrected chi connectivity index (χ4v) is 3.34. The second kappa shape index (κ2) is 7.35. The van der Waals surface area contributed by atoms with Crippen molar-refractivity contribution in [2.75, 3.05) is 19.4 Å². The number of esters is 1. The third-order valence-corrected chi connectivity index (χ3v) is 4.43. The minimum absolute atomic E-state index is 0.0291. The molecule has 0 rings (SSSR count). The van der Waals surface area contributed by atoms with Crippen molar-refractivity contribution >= 4 is 19.5 Å². The minimum atomic E-state index is -3.82. The Morgan fingerprint density at radius 2 is 1.57 bits per heavy atom. The van der Waals surface area contributed by atoms with Gasteiger partial charge in [0.25, 0.3) is 0 Å². The topological polar surface area (TPSA) is 125 Å². The molecule has 21 heavy (non-hydrogen) atoms. The third kappa shape index (κ3) is 6.13. The molecule has 0 aliphatic rings. The lowest BCUT2D eigenvalue weighted by molar-refractivity contribution is -0.168. The molecule has 0 aromatic rings. The molecule has 124 valence electrons. The summed E-state index contributed by atoms with van der Waals surface area (Å²) in [7, 11) is -3.82. The van der Waals surface area contributed by atoms with E-state index in [1.807, 2.05) is 0 Å². The van der Waals surface area contributed by atoms with Crippen molar-refractivity contribution in [1.82, 2.24) is 0 Å². The van der Waals surface area contributed by atoms with E-state index < -0.39 is 36.8 Å². The van der Waals surface area contributed by atoms with Crippen LogP contribution in [0.5, 0.6) is 0 Å². The van der Waals surface area contributed by atoms with E-state index in [0.717, 1.165) is 0 Å². The highest BCUT2D eigenvalue weighted by Crippen LogP contribution is 2.50. The second-order valence-corrected chi connectivity index (χ2v) is 7.44. The van der Waals surface area contributed by atoms with Gasteiger partial charge in [0, 0.05) is 0 Å². The number of carbonyl (C=O) groups excluding carboxylic acids is 1. The summed E-state index contributed by atoms with van der Waals surface area (Å²) in [5, 5.41) is 9.24. The number of hydrogen-bond donors (Lipinski definition) is 2. The molecule has 0 bridgehead atoms. The largest absolute Gasteiger partial charge is 0.479 e. The van der Waals surface area contributed by atoms with Crippen LogP contribution in [0, 0.1) is 0 Å². The lowest BCUT2D eigenvalue weighted by Crippen LogP contribution is -2.59. The number of nitrogens with two attached hydrogens (primary N) is 1. The van der Waals surface area contributed by atoms with Gasteiger partial charge < -0.3 is 24.6 Å². The van der Waals surface area contributed by atoms with Gasteiger partial charge in [-0.1, -0.05) is 0 Å². The Morgan fingerprint density at radius 3 is 1.86 bits per heavy atom. The van der Waals surface area contributed by atoms with E-state index in [-0.39, 0.29) is 13.2 Å². The van der Waals surface area contributed by atoms with Crippen molar-refractivity contribution in [1.29, 1.82) is 0 Å². The van der Waals surface area contributed by atoms with Crippen molar-refractivity contribution in [3.05, 3.63) is 0 Å². The van der Waals surface area contributed by atoms with E-state index in [4.69, 9.17) is 19.5 Å². The molecule has 0 fully saturated rings. The zero-order valence-electron chi connectivity index (χ0n) is 13.0. The van der Waals surface area contributed by atoms with Crippen LogP contribution in [0.25, 0.3) is 0 Å². The molecule has 0 aliphatic heterocycles. The van der Waals surface area contributed by atoms with Crippen LogP contribution in [0.1, 0.15) is 34.6 Å². The van der Waals surface area contributed by atoms with Gasteiger partial charge in [-0.15, -0.1) is 0 Å². The molecule has 8 nitrogen and oxygen atoms in total. The van der Waals surface area contributed by atoms with Gasteiger partial charge in [-0.25, -0.2) is 9.59 Å². The molecule has 1 atom stereocenters.